The molecule has 0 aromatic carbocycles. The van der Waals surface area contributed by atoms with Gasteiger partial charge in [-0.25, -0.2) is 9.48 Å². The Labute approximate surface area is 108 Å². The molecule has 1 amide bonds. The van der Waals surface area contributed by atoms with Crippen LogP contribution in [0.2, 0.25) is 0 Å². The Morgan fingerprint density at radius 2 is 2.37 bits per heavy atom. The number of fused-ring (bicyclic) bond motifs is 2. The molecule has 0 saturated carbocycles. The zero-order valence-electron chi connectivity index (χ0n) is 10.2. The number of hydrogen-bond donors (Lipinski definition) is 2. The largest absolute Gasteiger partial charge is 0.476 e. The first-order chi connectivity index (χ1) is 9.11. The summed E-state index contributed by atoms with van der Waals surface area (Å²) in [5.74, 6) is -1.36. The molecule has 0 radical (unpaired) electrons. The van der Waals surface area contributed by atoms with Crippen LogP contribution in [0.5, 0.6) is 0 Å². The predicted octanol–water partition coefficient (Wildman–Crippen LogP) is -0.588. The number of carboxylic acids is 1. The number of aromatic nitrogens is 3. The van der Waals surface area contributed by atoms with Crippen molar-refractivity contribution in [3.63, 3.8) is 0 Å². The van der Waals surface area contributed by atoms with Crippen LogP contribution in [0.15, 0.2) is 6.20 Å². The second-order valence-electron chi connectivity index (χ2n) is 4.89. The standard InChI is InChI=1S/C11H14N4O4/c16-10(5-15-4-8(11(17)18)13-14-15)12-7-3-6-1-2-9(7)19-6/h4,6-7,9H,1-3,5H2,(H,12,16)(H,17,18). The van der Waals surface area contributed by atoms with E-state index in [-0.39, 0.29) is 36.4 Å². The summed E-state index contributed by atoms with van der Waals surface area (Å²) in [7, 11) is 0. The maximum absolute atomic E-state index is 11.8. The van der Waals surface area contributed by atoms with Crippen molar-refractivity contribution in [1.82, 2.24) is 20.3 Å². The lowest BCUT2D eigenvalue weighted by Gasteiger charge is -2.19. The fraction of sp³-hybridized carbons (Fsp3) is 0.636. The van der Waals surface area contributed by atoms with Crippen LogP contribution in [-0.2, 0) is 16.1 Å². The summed E-state index contributed by atoms with van der Waals surface area (Å²) in [4.78, 5) is 22.5. The fourth-order valence-corrected chi connectivity index (χ4v) is 2.66. The quantitative estimate of drug-likeness (QED) is 0.754. The van der Waals surface area contributed by atoms with Crippen molar-refractivity contribution < 1.29 is 19.4 Å². The Bertz CT molecular complexity index is 515. The molecule has 2 bridgehead atoms. The predicted molar refractivity (Wildman–Crippen MR) is 61.4 cm³/mol. The van der Waals surface area contributed by atoms with Crippen LogP contribution in [0.4, 0.5) is 0 Å². The minimum absolute atomic E-state index is 0.0336. The van der Waals surface area contributed by atoms with Gasteiger partial charge >= 0.3 is 5.97 Å². The van der Waals surface area contributed by atoms with Crippen molar-refractivity contribution in [3.05, 3.63) is 11.9 Å². The van der Waals surface area contributed by atoms with E-state index in [1.54, 1.807) is 0 Å². The number of ether oxygens (including phenoxy) is 1. The Kier molecular flexibility index (Phi) is 2.94. The number of hydrogen-bond acceptors (Lipinski definition) is 5. The molecule has 0 spiro atoms. The van der Waals surface area contributed by atoms with E-state index < -0.39 is 5.97 Å². The number of rotatable bonds is 4. The third-order valence-corrected chi connectivity index (χ3v) is 3.52. The SMILES string of the molecule is O=C(Cn1cc(C(=O)O)nn1)NC1CC2CCC1O2. The molecule has 3 rings (SSSR count). The topological polar surface area (TPSA) is 106 Å². The first-order valence-corrected chi connectivity index (χ1v) is 6.20. The van der Waals surface area contributed by atoms with Gasteiger partial charge in [-0.15, -0.1) is 5.10 Å². The van der Waals surface area contributed by atoms with Crippen LogP contribution in [-0.4, -0.2) is 50.2 Å². The molecule has 8 nitrogen and oxygen atoms in total. The molecule has 8 heteroatoms. The van der Waals surface area contributed by atoms with Crippen LogP contribution in [0, 0.1) is 0 Å². The molecule has 2 fully saturated rings. The normalized spacial score (nSPS) is 28.5. The smallest absolute Gasteiger partial charge is 0.358 e. The number of carboxylic acid groups (broad SMARTS) is 1. The molecule has 3 unspecified atom stereocenters. The van der Waals surface area contributed by atoms with Gasteiger partial charge in [0.2, 0.25) is 5.91 Å². The summed E-state index contributed by atoms with van der Waals surface area (Å²) in [6, 6.07) is 0.0636. The van der Waals surface area contributed by atoms with Crippen molar-refractivity contribution in [1.29, 1.82) is 0 Å². The Balaban J connectivity index is 1.54. The van der Waals surface area contributed by atoms with Gasteiger partial charge in [0.25, 0.3) is 0 Å². The molecule has 102 valence electrons. The number of amides is 1. The maximum Gasteiger partial charge on any atom is 0.358 e. The van der Waals surface area contributed by atoms with E-state index in [1.807, 2.05) is 0 Å². The molecule has 2 aliphatic rings. The molecule has 1 aromatic rings. The molecule has 3 heterocycles. The van der Waals surface area contributed by atoms with Gasteiger partial charge < -0.3 is 15.2 Å². The molecule has 2 aliphatic heterocycles. The molecular weight excluding hydrogens is 252 g/mol. The van der Waals surface area contributed by atoms with Gasteiger partial charge in [-0.05, 0) is 19.3 Å². The van der Waals surface area contributed by atoms with E-state index >= 15 is 0 Å². The highest BCUT2D eigenvalue weighted by molar-refractivity contribution is 5.84. The summed E-state index contributed by atoms with van der Waals surface area (Å²) in [6.07, 6.45) is 4.55. The van der Waals surface area contributed by atoms with Crippen molar-refractivity contribution in [2.24, 2.45) is 0 Å². The van der Waals surface area contributed by atoms with Gasteiger partial charge in [0.1, 0.15) is 6.54 Å². The van der Waals surface area contributed by atoms with Gasteiger partial charge in [0, 0.05) is 0 Å². The van der Waals surface area contributed by atoms with Crippen molar-refractivity contribution in [2.75, 3.05) is 0 Å². The van der Waals surface area contributed by atoms with E-state index in [4.69, 9.17) is 9.84 Å². The second kappa shape index (κ2) is 4.61. The average Bonchev–Trinajstić information content (AvgIpc) is 3.03. The Morgan fingerprint density at radius 3 is 2.95 bits per heavy atom. The van der Waals surface area contributed by atoms with E-state index in [9.17, 15) is 9.59 Å². The van der Waals surface area contributed by atoms with Crippen molar-refractivity contribution in [3.8, 4) is 0 Å². The van der Waals surface area contributed by atoms with Crippen molar-refractivity contribution in [2.45, 2.75) is 44.1 Å². The van der Waals surface area contributed by atoms with Crippen LogP contribution >= 0.6 is 0 Å². The van der Waals surface area contributed by atoms with Gasteiger partial charge in [0.15, 0.2) is 5.69 Å². The molecular formula is C11H14N4O4. The van der Waals surface area contributed by atoms with Crippen molar-refractivity contribution >= 4 is 11.9 Å². The summed E-state index contributed by atoms with van der Waals surface area (Å²) < 4.78 is 6.86. The second-order valence-corrected chi connectivity index (χ2v) is 4.89. The van der Waals surface area contributed by atoms with E-state index in [0.29, 0.717) is 0 Å². The number of nitrogens with zero attached hydrogens (tertiary/aromatic N) is 3. The summed E-state index contributed by atoms with van der Waals surface area (Å²) in [6.45, 7) is -0.0336. The van der Waals surface area contributed by atoms with E-state index in [1.165, 1.54) is 10.9 Å². The van der Waals surface area contributed by atoms with Gasteiger partial charge in [-0.2, -0.15) is 0 Å². The molecule has 1 aromatic heterocycles. The average molecular weight is 266 g/mol. The first-order valence-electron chi connectivity index (χ1n) is 6.20. The van der Waals surface area contributed by atoms with Gasteiger partial charge in [-0.1, -0.05) is 5.21 Å². The zero-order valence-corrected chi connectivity index (χ0v) is 10.2. The Morgan fingerprint density at radius 1 is 1.53 bits per heavy atom. The number of aromatic carboxylic acids is 1. The lowest BCUT2D eigenvalue weighted by atomic mass is 9.95. The minimum Gasteiger partial charge on any atom is -0.476 e. The molecule has 0 aliphatic carbocycles. The first kappa shape index (κ1) is 12.1. The van der Waals surface area contributed by atoms with Crippen LogP contribution < -0.4 is 5.32 Å². The fourth-order valence-electron chi connectivity index (χ4n) is 2.66. The third-order valence-electron chi connectivity index (χ3n) is 3.52. The number of nitrogens with one attached hydrogen (secondary N) is 1. The third kappa shape index (κ3) is 2.43. The highest BCUT2D eigenvalue weighted by atomic mass is 16.5. The minimum atomic E-state index is -1.16. The number of carbonyl (C=O) groups is 2. The summed E-state index contributed by atoms with van der Waals surface area (Å²) >= 11 is 0. The van der Waals surface area contributed by atoms with Crippen LogP contribution in [0.25, 0.3) is 0 Å². The van der Waals surface area contributed by atoms with Gasteiger partial charge in [0.05, 0.1) is 24.4 Å². The maximum atomic E-state index is 11.8. The summed E-state index contributed by atoms with van der Waals surface area (Å²) in [5, 5.41) is 18.6. The lowest BCUT2D eigenvalue weighted by Crippen LogP contribution is -2.42. The van der Waals surface area contributed by atoms with E-state index in [0.717, 1.165) is 19.3 Å². The van der Waals surface area contributed by atoms with Crippen LogP contribution in [0.3, 0.4) is 0 Å². The molecule has 19 heavy (non-hydrogen) atoms. The zero-order chi connectivity index (χ0) is 13.4. The molecule has 2 saturated heterocycles. The van der Waals surface area contributed by atoms with Crippen LogP contribution in [0.1, 0.15) is 29.8 Å². The highest BCUT2D eigenvalue weighted by Crippen LogP contribution is 2.34. The monoisotopic (exact) mass is 266 g/mol. The number of carbonyl (C=O) groups excluding carboxylic acids is 1. The highest BCUT2D eigenvalue weighted by Gasteiger charge is 2.41. The Hall–Kier alpha value is -1.96. The molecule has 3 atom stereocenters. The lowest BCUT2D eigenvalue weighted by molar-refractivity contribution is -0.123. The van der Waals surface area contributed by atoms with Gasteiger partial charge in [-0.3, -0.25) is 4.79 Å². The van der Waals surface area contributed by atoms with E-state index in [2.05, 4.69) is 15.6 Å². The summed E-state index contributed by atoms with van der Waals surface area (Å²) in [5.41, 5.74) is -0.170. The molecule has 2 N–H and O–H groups in total.